The molecule has 1 aliphatic rings. The monoisotopic (exact) mass is 301 g/mol. The topological polar surface area (TPSA) is 30.2 Å². The van der Waals surface area contributed by atoms with Crippen LogP contribution in [0.5, 0.6) is 0 Å². The molecule has 0 N–H and O–H groups in total. The molecule has 0 saturated carbocycles. The zero-order chi connectivity index (χ0) is 15.6. The third-order valence-electron chi connectivity index (χ3n) is 4.37. The standard InChI is InChI=1S/C20H19N3/c1-23-14-17(18-8-2-3-9-19(18)23)12-15-6-5-11-22-20(15)16-7-4-10-21-13-16/h2-4,7-10,12-14H,5-6,11H2,1H3. The minimum absolute atomic E-state index is 0.900. The number of benzene rings is 1. The molecule has 3 nitrogen and oxygen atoms in total. The number of hydrogen-bond donors (Lipinski definition) is 0. The third kappa shape index (κ3) is 2.59. The van der Waals surface area contributed by atoms with E-state index in [1.54, 1.807) is 6.20 Å². The van der Waals surface area contributed by atoms with E-state index in [1.165, 1.54) is 22.0 Å². The van der Waals surface area contributed by atoms with E-state index in [0.29, 0.717) is 0 Å². The fourth-order valence-corrected chi connectivity index (χ4v) is 3.28. The van der Waals surface area contributed by atoms with Gasteiger partial charge in [0.25, 0.3) is 0 Å². The van der Waals surface area contributed by atoms with Crippen molar-refractivity contribution >= 4 is 22.7 Å². The lowest BCUT2D eigenvalue weighted by molar-refractivity contribution is 0.818. The highest BCUT2D eigenvalue weighted by Crippen LogP contribution is 2.26. The Balaban J connectivity index is 1.82. The van der Waals surface area contributed by atoms with Gasteiger partial charge in [-0.15, -0.1) is 0 Å². The highest BCUT2D eigenvalue weighted by Gasteiger charge is 2.15. The van der Waals surface area contributed by atoms with Crippen LogP contribution in [0.3, 0.4) is 0 Å². The van der Waals surface area contributed by atoms with Crippen LogP contribution in [0.2, 0.25) is 0 Å². The van der Waals surface area contributed by atoms with E-state index in [0.717, 1.165) is 30.7 Å². The predicted octanol–water partition coefficient (Wildman–Crippen LogP) is 4.24. The maximum atomic E-state index is 4.77. The summed E-state index contributed by atoms with van der Waals surface area (Å²) in [5, 5.41) is 1.29. The molecule has 114 valence electrons. The first-order valence-corrected chi connectivity index (χ1v) is 8.03. The van der Waals surface area contributed by atoms with Gasteiger partial charge in [0.2, 0.25) is 0 Å². The number of fused-ring (bicyclic) bond motifs is 1. The molecule has 3 aromatic rings. The molecule has 0 unspecified atom stereocenters. The molecule has 23 heavy (non-hydrogen) atoms. The molecule has 4 rings (SSSR count). The van der Waals surface area contributed by atoms with Crippen LogP contribution in [0.15, 0.2) is 65.6 Å². The fourth-order valence-electron chi connectivity index (χ4n) is 3.28. The summed E-state index contributed by atoms with van der Waals surface area (Å²) in [5.74, 6) is 0. The molecule has 0 fully saturated rings. The third-order valence-corrected chi connectivity index (χ3v) is 4.37. The first-order chi connectivity index (χ1) is 11.3. The summed E-state index contributed by atoms with van der Waals surface area (Å²) in [4.78, 5) is 9.01. The van der Waals surface area contributed by atoms with Crippen molar-refractivity contribution in [3.05, 3.63) is 71.7 Å². The molecule has 2 aromatic heterocycles. The molecule has 0 radical (unpaired) electrons. The second-order valence-electron chi connectivity index (χ2n) is 5.96. The summed E-state index contributed by atoms with van der Waals surface area (Å²) < 4.78 is 2.19. The van der Waals surface area contributed by atoms with Gasteiger partial charge in [0.1, 0.15) is 0 Å². The van der Waals surface area contributed by atoms with Crippen LogP contribution < -0.4 is 0 Å². The minimum Gasteiger partial charge on any atom is -0.350 e. The van der Waals surface area contributed by atoms with Gasteiger partial charge >= 0.3 is 0 Å². The van der Waals surface area contributed by atoms with E-state index in [1.807, 2.05) is 12.3 Å². The number of nitrogens with zero attached hydrogens (tertiary/aromatic N) is 3. The summed E-state index contributed by atoms with van der Waals surface area (Å²) in [7, 11) is 2.10. The van der Waals surface area contributed by atoms with E-state index in [9.17, 15) is 0 Å². The Hall–Kier alpha value is -2.68. The van der Waals surface area contributed by atoms with Gasteiger partial charge in [-0.1, -0.05) is 18.2 Å². The van der Waals surface area contributed by atoms with Crippen molar-refractivity contribution in [3.63, 3.8) is 0 Å². The van der Waals surface area contributed by atoms with Gasteiger partial charge in [0, 0.05) is 54.2 Å². The molecule has 3 heteroatoms. The fraction of sp³-hybridized carbons (Fsp3) is 0.200. The van der Waals surface area contributed by atoms with Crippen molar-refractivity contribution in [3.8, 4) is 0 Å². The Bertz CT molecular complexity index is 901. The number of hydrogen-bond acceptors (Lipinski definition) is 2. The molecule has 0 aliphatic carbocycles. The lowest BCUT2D eigenvalue weighted by Crippen LogP contribution is -2.11. The summed E-state index contributed by atoms with van der Waals surface area (Å²) in [6.45, 7) is 0.900. The van der Waals surface area contributed by atoms with E-state index >= 15 is 0 Å². The van der Waals surface area contributed by atoms with E-state index < -0.39 is 0 Å². The van der Waals surface area contributed by atoms with Crippen molar-refractivity contribution in [2.75, 3.05) is 6.54 Å². The Morgan fingerprint density at radius 3 is 2.91 bits per heavy atom. The van der Waals surface area contributed by atoms with Gasteiger partial charge in [0.15, 0.2) is 0 Å². The van der Waals surface area contributed by atoms with Gasteiger partial charge in [-0.25, -0.2) is 0 Å². The average molecular weight is 301 g/mol. The second kappa shape index (κ2) is 5.84. The molecular weight excluding hydrogens is 282 g/mol. The van der Waals surface area contributed by atoms with Gasteiger partial charge in [0.05, 0.1) is 5.71 Å². The Labute approximate surface area is 136 Å². The number of para-hydroxylation sites is 1. The zero-order valence-electron chi connectivity index (χ0n) is 13.2. The first kappa shape index (κ1) is 13.9. The van der Waals surface area contributed by atoms with E-state index in [2.05, 4.69) is 59.2 Å². The Morgan fingerprint density at radius 2 is 2.04 bits per heavy atom. The molecule has 3 heterocycles. The predicted molar refractivity (Wildman–Crippen MR) is 95.8 cm³/mol. The molecule has 1 aromatic carbocycles. The summed E-state index contributed by atoms with van der Waals surface area (Å²) in [6.07, 6.45) is 10.4. The number of rotatable bonds is 2. The highest BCUT2D eigenvalue weighted by atomic mass is 14.9. The molecule has 0 spiro atoms. The van der Waals surface area contributed by atoms with Crippen LogP contribution in [-0.4, -0.2) is 21.8 Å². The second-order valence-corrected chi connectivity index (χ2v) is 5.96. The average Bonchev–Trinajstić information content (AvgIpc) is 2.93. The first-order valence-electron chi connectivity index (χ1n) is 8.03. The smallest absolute Gasteiger partial charge is 0.0694 e. The van der Waals surface area contributed by atoms with Crippen LogP contribution in [-0.2, 0) is 7.05 Å². The summed E-state index contributed by atoms with van der Waals surface area (Å²) >= 11 is 0. The van der Waals surface area contributed by atoms with Crippen LogP contribution in [0.1, 0.15) is 24.0 Å². The van der Waals surface area contributed by atoms with E-state index in [-0.39, 0.29) is 0 Å². The maximum Gasteiger partial charge on any atom is 0.0694 e. The molecular formula is C20H19N3. The molecule has 0 atom stereocenters. The largest absolute Gasteiger partial charge is 0.350 e. The van der Waals surface area contributed by atoms with Gasteiger partial charge in [-0.2, -0.15) is 0 Å². The van der Waals surface area contributed by atoms with Crippen LogP contribution in [0.4, 0.5) is 0 Å². The molecule has 0 bridgehead atoms. The lowest BCUT2D eigenvalue weighted by atomic mass is 9.95. The van der Waals surface area contributed by atoms with Crippen molar-refractivity contribution in [1.82, 2.24) is 9.55 Å². The highest BCUT2D eigenvalue weighted by molar-refractivity contribution is 6.15. The summed E-state index contributed by atoms with van der Waals surface area (Å²) in [6, 6.07) is 12.6. The lowest BCUT2D eigenvalue weighted by Gasteiger charge is -2.16. The number of aryl methyl sites for hydroxylation is 1. The van der Waals surface area contributed by atoms with Crippen molar-refractivity contribution in [2.45, 2.75) is 12.8 Å². The number of aliphatic imine (C=N–C) groups is 1. The quantitative estimate of drug-likeness (QED) is 0.696. The SMILES string of the molecule is Cn1cc(C=C2CCCN=C2c2cccnc2)c2ccccc21. The molecule has 1 aliphatic heterocycles. The zero-order valence-corrected chi connectivity index (χ0v) is 13.2. The van der Waals surface area contributed by atoms with Gasteiger partial charge in [-0.3, -0.25) is 9.98 Å². The molecule has 0 saturated heterocycles. The number of pyridine rings is 1. The maximum absolute atomic E-state index is 4.77. The van der Waals surface area contributed by atoms with Crippen molar-refractivity contribution in [1.29, 1.82) is 0 Å². The van der Waals surface area contributed by atoms with Crippen molar-refractivity contribution < 1.29 is 0 Å². The van der Waals surface area contributed by atoms with Crippen LogP contribution in [0.25, 0.3) is 17.0 Å². The number of allylic oxidation sites excluding steroid dienone is 1. The van der Waals surface area contributed by atoms with Crippen LogP contribution in [0, 0.1) is 0 Å². The van der Waals surface area contributed by atoms with Gasteiger partial charge < -0.3 is 4.57 Å². The minimum atomic E-state index is 0.900. The van der Waals surface area contributed by atoms with Gasteiger partial charge in [-0.05, 0) is 42.7 Å². The van der Waals surface area contributed by atoms with Crippen LogP contribution >= 0.6 is 0 Å². The normalized spacial score (nSPS) is 16.7. The molecule has 0 amide bonds. The number of aromatic nitrogens is 2. The Kier molecular flexibility index (Phi) is 3.54. The Morgan fingerprint density at radius 1 is 1.13 bits per heavy atom. The van der Waals surface area contributed by atoms with Crippen molar-refractivity contribution in [2.24, 2.45) is 12.0 Å². The van der Waals surface area contributed by atoms with E-state index in [4.69, 9.17) is 4.99 Å². The summed E-state index contributed by atoms with van der Waals surface area (Å²) in [5.41, 5.74) is 6.03.